The number of halogens is 2. The lowest BCUT2D eigenvalue weighted by atomic mass is 10.0. The molecule has 1 amide bonds. The highest BCUT2D eigenvalue weighted by Crippen LogP contribution is 2.24. The Kier molecular flexibility index (Phi) is 7.24. The van der Waals surface area contributed by atoms with Crippen molar-refractivity contribution >= 4 is 33.4 Å². The zero-order chi connectivity index (χ0) is 14.3. The summed E-state index contributed by atoms with van der Waals surface area (Å²) in [5, 5.41) is 12.4. The van der Waals surface area contributed by atoms with E-state index in [2.05, 4.69) is 28.2 Å². The molecule has 0 saturated heterocycles. The van der Waals surface area contributed by atoms with E-state index in [1.807, 2.05) is 0 Å². The van der Waals surface area contributed by atoms with Crippen LogP contribution in [0.4, 0.5) is 0 Å². The number of phenolic OH excluding ortho intramolecular Hbond substituents is 1. The summed E-state index contributed by atoms with van der Waals surface area (Å²) in [6.45, 7) is 2.74. The van der Waals surface area contributed by atoms with E-state index in [0.29, 0.717) is 28.4 Å². The molecule has 5 heteroatoms. The number of carbonyl (C=O) groups excluding carboxylic acids is 1. The van der Waals surface area contributed by atoms with Crippen molar-refractivity contribution in [2.45, 2.75) is 26.2 Å². The molecule has 0 fully saturated rings. The number of rotatable bonds is 7. The fourth-order valence-corrected chi connectivity index (χ4v) is 2.46. The molecule has 0 aliphatic carbocycles. The van der Waals surface area contributed by atoms with Crippen LogP contribution in [0.3, 0.4) is 0 Å². The van der Waals surface area contributed by atoms with E-state index in [1.165, 1.54) is 6.07 Å². The van der Waals surface area contributed by atoms with Gasteiger partial charge in [0.15, 0.2) is 0 Å². The van der Waals surface area contributed by atoms with Crippen molar-refractivity contribution in [2.24, 2.45) is 5.92 Å². The number of nitrogens with one attached hydrogen (secondary N) is 1. The minimum Gasteiger partial charge on any atom is -0.507 e. The smallest absolute Gasteiger partial charge is 0.251 e. The lowest BCUT2D eigenvalue weighted by Crippen LogP contribution is -2.29. The maximum absolute atomic E-state index is 12.0. The van der Waals surface area contributed by atoms with Gasteiger partial charge in [0, 0.05) is 18.0 Å². The molecule has 19 heavy (non-hydrogen) atoms. The number of alkyl halides is 1. The summed E-state index contributed by atoms with van der Waals surface area (Å²) < 4.78 is 0.579. The molecule has 1 rings (SSSR count). The molecule has 106 valence electrons. The van der Waals surface area contributed by atoms with Crippen LogP contribution in [0.15, 0.2) is 22.7 Å². The summed E-state index contributed by atoms with van der Waals surface area (Å²) in [5.74, 6) is 0.923. The molecule has 0 saturated carbocycles. The second-order valence-electron chi connectivity index (χ2n) is 4.51. The van der Waals surface area contributed by atoms with Gasteiger partial charge in [0.1, 0.15) is 5.75 Å². The van der Waals surface area contributed by atoms with Crippen LogP contribution in [0, 0.1) is 5.92 Å². The highest BCUT2D eigenvalue weighted by Gasteiger charge is 2.11. The third-order valence-electron chi connectivity index (χ3n) is 2.97. The van der Waals surface area contributed by atoms with Crippen LogP contribution in [-0.2, 0) is 0 Å². The van der Waals surface area contributed by atoms with Crippen LogP contribution < -0.4 is 5.32 Å². The molecule has 0 radical (unpaired) electrons. The van der Waals surface area contributed by atoms with Crippen molar-refractivity contribution < 1.29 is 9.90 Å². The lowest BCUT2D eigenvalue weighted by Gasteiger charge is -2.15. The van der Waals surface area contributed by atoms with Gasteiger partial charge in [-0.25, -0.2) is 0 Å². The van der Waals surface area contributed by atoms with Gasteiger partial charge in [-0.1, -0.05) is 13.3 Å². The first kappa shape index (κ1) is 16.3. The molecule has 1 unspecified atom stereocenters. The van der Waals surface area contributed by atoms with Crippen LogP contribution in [0.2, 0.25) is 0 Å². The SMILES string of the molecule is CCCC(CCCl)CNC(=O)c1ccc(Br)c(O)c1. The second-order valence-corrected chi connectivity index (χ2v) is 5.74. The summed E-state index contributed by atoms with van der Waals surface area (Å²) in [6, 6.07) is 4.79. The Morgan fingerprint density at radius 3 is 2.79 bits per heavy atom. The molecule has 0 aliphatic heterocycles. The Labute approximate surface area is 127 Å². The van der Waals surface area contributed by atoms with E-state index in [-0.39, 0.29) is 11.7 Å². The number of carbonyl (C=O) groups is 1. The van der Waals surface area contributed by atoms with E-state index in [1.54, 1.807) is 12.1 Å². The minimum absolute atomic E-state index is 0.0681. The number of phenols is 1. The normalized spacial score (nSPS) is 12.2. The van der Waals surface area contributed by atoms with Gasteiger partial charge in [-0.05, 0) is 52.9 Å². The van der Waals surface area contributed by atoms with Gasteiger partial charge in [-0.2, -0.15) is 0 Å². The zero-order valence-corrected chi connectivity index (χ0v) is 13.3. The molecule has 1 atom stereocenters. The van der Waals surface area contributed by atoms with Gasteiger partial charge < -0.3 is 10.4 Å². The fourth-order valence-electron chi connectivity index (χ4n) is 1.90. The van der Waals surface area contributed by atoms with Crippen molar-refractivity contribution in [3.05, 3.63) is 28.2 Å². The largest absolute Gasteiger partial charge is 0.507 e. The van der Waals surface area contributed by atoms with Crippen molar-refractivity contribution in [1.82, 2.24) is 5.32 Å². The van der Waals surface area contributed by atoms with E-state index in [0.717, 1.165) is 19.3 Å². The van der Waals surface area contributed by atoms with Gasteiger partial charge in [-0.15, -0.1) is 11.6 Å². The standard InChI is InChI=1S/C14H19BrClNO2/c1-2-3-10(6-7-16)9-17-14(19)11-4-5-12(15)13(18)8-11/h4-5,8,10,18H,2-3,6-7,9H2,1H3,(H,17,19). The van der Waals surface area contributed by atoms with Crippen molar-refractivity contribution in [2.75, 3.05) is 12.4 Å². The fraction of sp³-hybridized carbons (Fsp3) is 0.500. The second kappa shape index (κ2) is 8.43. The molecule has 0 bridgehead atoms. The van der Waals surface area contributed by atoms with E-state index < -0.39 is 0 Å². The van der Waals surface area contributed by atoms with Gasteiger partial charge >= 0.3 is 0 Å². The molecule has 0 spiro atoms. The number of amides is 1. The highest BCUT2D eigenvalue weighted by atomic mass is 79.9. The number of hydrogen-bond donors (Lipinski definition) is 2. The quantitative estimate of drug-likeness (QED) is 0.734. The first-order valence-electron chi connectivity index (χ1n) is 6.41. The van der Waals surface area contributed by atoms with Gasteiger partial charge in [0.25, 0.3) is 5.91 Å². The first-order valence-corrected chi connectivity index (χ1v) is 7.73. The predicted molar refractivity (Wildman–Crippen MR) is 81.9 cm³/mol. The Balaban J connectivity index is 2.56. The molecular weight excluding hydrogens is 330 g/mol. The third kappa shape index (κ3) is 5.41. The molecule has 0 heterocycles. The number of aromatic hydroxyl groups is 1. The molecule has 0 aromatic heterocycles. The molecular formula is C14H19BrClNO2. The predicted octanol–water partition coefficient (Wildman–Crippen LogP) is 3.93. The molecule has 0 aliphatic rings. The molecule has 1 aromatic carbocycles. The first-order chi connectivity index (χ1) is 9.08. The monoisotopic (exact) mass is 347 g/mol. The maximum Gasteiger partial charge on any atom is 0.251 e. The van der Waals surface area contributed by atoms with Crippen LogP contribution in [-0.4, -0.2) is 23.4 Å². The summed E-state index contributed by atoms with van der Waals surface area (Å²) in [4.78, 5) is 12.0. The summed E-state index contributed by atoms with van der Waals surface area (Å²) in [7, 11) is 0. The van der Waals surface area contributed by atoms with Gasteiger partial charge in [0.2, 0.25) is 0 Å². The summed E-state index contributed by atoms with van der Waals surface area (Å²) in [5.41, 5.74) is 0.460. The number of hydrogen-bond acceptors (Lipinski definition) is 2. The average Bonchev–Trinajstić information content (AvgIpc) is 2.39. The third-order valence-corrected chi connectivity index (χ3v) is 3.86. The van der Waals surface area contributed by atoms with Crippen LogP contribution >= 0.6 is 27.5 Å². The van der Waals surface area contributed by atoms with E-state index in [4.69, 9.17) is 11.6 Å². The Morgan fingerprint density at radius 1 is 1.47 bits per heavy atom. The Morgan fingerprint density at radius 2 is 2.21 bits per heavy atom. The van der Waals surface area contributed by atoms with Crippen LogP contribution in [0.1, 0.15) is 36.5 Å². The van der Waals surface area contributed by atoms with Crippen molar-refractivity contribution in [3.8, 4) is 5.75 Å². The summed E-state index contributed by atoms with van der Waals surface area (Å²) >= 11 is 8.94. The maximum atomic E-state index is 12.0. The average molecular weight is 349 g/mol. The topological polar surface area (TPSA) is 49.3 Å². The molecule has 2 N–H and O–H groups in total. The van der Waals surface area contributed by atoms with Crippen molar-refractivity contribution in [3.63, 3.8) is 0 Å². The van der Waals surface area contributed by atoms with Gasteiger partial charge in [0.05, 0.1) is 4.47 Å². The van der Waals surface area contributed by atoms with E-state index in [9.17, 15) is 9.90 Å². The molecule has 3 nitrogen and oxygen atoms in total. The van der Waals surface area contributed by atoms with Crippen LogP contribution in [0.25, 0.3) is 0 Å². The highest BCUT2D eigenvalue weighted by molar-refractivity contribution is 9.10. The van der Waals surface area contributed by atoms with Crippen molar-refractivity contribution in [1.29, 1.82) is 0 Å². The minimum atomic E-state index is -0.168. The van der Waals surface area contributed by atoms with E-state index >= 15 is 0 Å². The Hall–Kier alpha value is -0.740. The number of benzene rings is 1. The molecule has 1 aromatic rings. The Bertz CT molecular complexity index is 420. The lowest BCUT2D eigenvalue weighted by molar-refractivity contribution is 0.0945. The van der Waals surface area contributed by atoms with Crippen LogP contribution in [0.5, 0.6) is 5.75 Å². The zero-order valence-electron chi connectivity index (χ0n) is 11.0. The van der Waals surface area contributed by atoms with Gasteiger partial charge in [-0.3, -0.25) is 4.79 Å². The summed E-state index contributed by atoms with van der Waals surface area (Å²) in [6.07, 6.45) is 3.04.